The highest BCUT2D eigenvalue weighted by Crippen LogP contribution is 2.32. The molecule has 0 amide bonds. The first-order chi connectivity index (χ1) is 11.5. The zero-order valence-corrected chi connectivity index (χ0v) is 13.5. The van der Waals surface area contributed by atoms with Crippen LogP contribution in [-0.4, -0.2) is 34.8 Å². The summed E-state index contributed by atoms with van der Waals surface area (Å²) in [4.78, 5) is 0.0810. The number of fused-ring (bicyclic) bond motifs is 1. The summed E-state index contributed by atoms with van der Waals surface area (Å²) in [6.07, 6.45) is 0. The number of rotatable bonds is 6. The molecule has 0 radical (unpaired) electrons. The Labute approximate surface area is 139 Å². The maximum absolute atomic E-state index is 13.0. The van der Waals surface area contributed by atoms with Gasteiger partial charge in [0.25, 0.3) is 0 Å². The highest BCUT2D eigenvalue weighted by molar-refractivity contribution is 7.89. The minimum atomic E-state index is -3.70. The third-order valence-electron chi connectivity index (χ3n) is 3.28. The number of ether oxygens (including phenoxy) is 3. The molecule has 6 nitrogen and oxygen atoms in total. The van der Waals surface area contributed by atoms with Gasteiger partial charge in [-0.25, -0.2) is 17.5 Å². The van der Waals surface area contributed by atoms with E-state index in [9.17, 15) is 12.8 Å². The molecule has 1 aliphatic rings. The molecule has 8 heteroatoms. The Kier molecular flexibility index (Phi) is 4.86. The highest BCUT2D eigenvalue weighted by atomic mass is 32.2. The van der Waals surface area contributed by atoms with E-state index in [2.05, 4.69) is 4.72 Å². The van der Waals surface area contributed by atoms with Crippen LogP contribution in [-0.2, 0) is 10.0 Å². The topological polar surface area (TPSA) is 73.9 Å². The summed E-state index contributed by atoms with van der Waals surface area (Å²) in [6, 6.07) is 10.1. The fraction of sp³-hybridized carbons (Fsp3) is 0.250. The number of hydrogen-bond donors (Lipinski definition) is 1. The van der Waals surface area contributed by atoms with E-state index in [1.165, 1.54) is 30.3 Å². The SMILES string of the molecule is O=S(=O)(NCCOc1cccc(F)c1)c1ccc2c(c1)OCCO2. The molecule has 0 aliphatic carbocycles. The smallest absolute Gasteiger partial charge is 0.240 e. The van der Waals surface area contributed by atoms with Crippen LogP contribution < -0.4 is 18.9 Å². The van der Waals surface area contributed by atoms with Gasteiger partial charge in [0, 0.05) is 18.7 Å². The van der Waals surface area contributed by atoms with Crippen LogP contribution in [0.1, 0.15) is 0 Å². The summed E-state index contributed by atoms with van der Waals surface area (Å²) in [6.45, 7) is 0.945. The van der Waals surface area contributed by atoms with Crippen molar-refractivity contribution in [2.24, 2.45) is 0 Å². The van der Waals surface area contributed by atoms with E-state index >= 15 is 0 Å². The predicted octanol–water partition coefficient (Wildman–Crippen LogP) is 1.95. The van der Waals surface area contributed by atoms with E-state index in [0.29, 0.717) is 30.5 Å². The average Bonchev–Trinajstić information content (AvgIpc) is 2.58. The fourth-order valence-electron chi connectivity index (χ4n) is 2.18. The molecule has 0 saturated carbocycles. The first kappa shape index (κ1) is 16.5. The van der Waals surface area contributed by atoms with E-state index in [4.69, 9.17) is 14.2 Å². The largest absolute Gasteiger partial charge is 0.492 e. The lowest BCUT2D eigenvalue weighted by atomic mass is 10.3. The van der Waals surface area contributed by atoms with Gasteiger partial charge in [0.05, 0.1) is 4.90 Å². The second-order valence-corrected chi connectivity index (χ2v) is 6.78. The summed E-state index contributed by atoms with van der Waals surface area (Å²) in [5, 5.41) is 0. The molecule has 1 N–H and O–H groups in total. The second kappa shape index (κ2) is 7.06. The third-order valence-corrected chi connectivity index (χ3v) is 4.74. The van der Waals surface area contributed by atoms with Crippen molar-refractivity contribution in [2.75, 3.05) is 26.4 Å². The van der Waals surface area contributed by atoms with Crippen molar-refractivity contribution in [3.63, 3.8) is 0 Å². The van der Waals surface area contributed by atoms with Crippen molar-refractivity contribution in [1.29, 1.82) is 0 Å². The van der Waals surface area contributed by atoms with Crippen molar-refractivity contribution in [3.8, 4) is 17.2 Å². The number of benzene rings is 2. The molecule has 0 atom stereocenters. The Morgan fingerprint density at radius 1 is 1.08 bits per heavy atom. The Morgan fingerprint density at radius 3 is 2.67 bits per heavy atom. The first-order valence-corrected chi connectivity index (χ1v) is 8.81. The lowest BCUT2D eigenvalue weighted by molar-refractivity contribution is 0.171. The fourth-order valence-corrected chi connectivity index (χ4v) is 3.20. The minimum Gasteiger partial charge on any atom is -0.492 e. The molecule has 128 valence electrons. The normalized spacial score (nSPS) is 13.5. The molecule has 3 rings (SSSR count). The molecule has 24 heavy (non-hydrogen) atoms. The molecular weight excluding hydrogens is 337 g/mol. The van der Waals surface area contributed by atoms with Gasteiger partial charge in [0.1, 0.15) is 31.4 Å². The lowest BCUT2D eigenvalue weighted by Crippen LogP contribution is -2.28. The Balaban J connectivity index is 1.58. The molecular formula is C16H16FNO5S. The molecule has 0 spiro atoms. The van der Waals surface area contributed by atoms with Gasteiger partial charge in [-0.1, -0.05) is 6.07 Å². The third kappa shape index (κ3) is 3.95. The van der Waals surface area contributed by atoms with Gasteiger partial charge in [0.15, 0.2) is 11.5 Å². The van der Waals surface area contributed by atoms with Crippen molar-refractivity contribution in [1.82, 2.24) is 4.72 Å². The standard InChI is InChI=1S/C16H16FNO5S/c17-12-2-1-3-13(10-12)21-7-6-18-24(19,20)14-4-5-15-16(11-14)23-9-8-22-15/h1-5,10-11,18H,6-9H2. The number of halogens is 1. The maximum atomic E-state index is 13.0. The zero-order valence-electron chi connectivity index (χ0n) is 12.7. The van der Waals surface area contributed by atoms with E-state index in [0.717, 1.165) is 0 Å². The Bertz CT molecular complexity index is 825. The molecule has 0 bridgehead atoms. The van der Waals surface area contributed by atoms with Gasteiger partial charge in [-0.05, 0) is 24.3 Å². The molecule has 0 saturated heterocycles. The van der Waals surface area contributed by atoms with Gasteiger partial charge in [-0.3, -0.25) is 0 Å². The van der Waals surface area contributed by atoms with Crippen molar-refractivity contribution >= 4 is 10.0 Å². The molecule has 0 fully saturated rings. The van der Waals surface area contributed by atoms with Gasteiger partial charge in [-0.2, -0.15) is 0 Å². The van der Waals surface area contributed by atoms with Gasteiger partial charge >= 0.3 is 0 Å². The van der Waals surface area contributed by atoms with Crippen molar-refractivity contribution in [3.05, 3.63) is 48.3 Å². The molecule has 0 unspecified atom stereocenters. The summed E-state index contributed by atoms with van der Waals surface area (Å²) >= 11 is 0. The van der Waals surface area contributed by atoms with Crippen LogP contribution in [0.25, 0.3) is 0 Å². The maximum Gasteiger partial charge on any atom is 0.240 e. The molecule has 1 heterocycles. The number of sulfonamides is 1. The summed E-state index contributed by atoms with van der Waals surface area (Å²) in [5.41, 5.74) is 0. The van der Waals surface area contributed by atoms with Crippen molar-refractivity contribution < 1.29 is 27.0 Å². The van der Waals surface area contributed by atoms with Crippen LogP contribution in [0, 0.1) is 5.82 Å². The highest BCUT2D eigenvalue weighted by Gasteiger charge is 2.19. The van der Waals surface area contributed by atoms with E-state index < -0.39 is 15.8 Å². The molecule has 2 aromatic carbocycles. The van der Waals surface area contributed by atoms with E-state index in [-0.39, 0.29) is 18.0 Å². The molecule has 0 aromatic heterocycles. The first-order valence-electron chi connectivity index (χ1n) is 7.32. The monoisotopic (exact) mass is 353 g/mol. The molecule has 1 aliphatic heterocycles. The Morgan fingerprint density at radius 2 is 1.88 bits per heavy atom. The van der Waals surface area contributed by atoms with Gasteiger partial charge in [0.2, 0.25) is 10.0 Å². The second-order valence-electron chi connectivity index (χ2n) is 5.01. The number of nitrogens with one attached hydrogen (secondary N) is 1. The Hall–Kier alpha value is -2.32. The van der Waals surface area contributed by atoms with Gasteiger partial charge < -0.3 is 14.2 Å². The summed E-state index contributed by atoms with van der Waals surface area (Å²) < 4.78 is 56.0. The summed E-state index contributed by atoms with van der Waals surface area (Å²) in [7, 11) is -3.70. The van der Waals surface area contributed by atoms with Gasteiger partial charge in [-0.15, -0.1) is 0 Å². The van der Waals surface area contributed by atoms with Crippen LogP contribution in [0.15, 0.2) is 47.4 Å². The zero-order chi connectivity index (χ0) is 17.0. The van der Waals surface area contributed by atoms with E-state index in [1.54, 1.807) is 12.1 Å². The predicted molar refractivity (Wildman–Crippen MR) is 84.5 cm³/mol. The van der Waals surface area contributed by atoms with Crippen molar-refractivity contribution in [2.45, 2.75) is 4.90 Å². The van der Waals surface area contributed by atoms with E-state index in [1.807, 2.05) is 0 Å². The summed E-state index contributed by atoms with van der Waals surface area (Å²) in [5.74, 6) is 0.854. The quantitative estimate of drug-likeness (QED) is 0.804. The molecule has 2 aromatic rings. The van der Waals surface area contributed by atoms with Crippen LogP contribution in [0.4, 0.5) is 4.39 Å². The van der Waals surface area contributed by atoms with Crippen LogP contribution in [0.3, 0.4) is 0 Å². The van der Waals surface area contributed by atoms with Crippen LogP contribution >= 0.6 is 0 Å². The van der Waals surface area contributed by atoms with Crippen LogP contribution in [0.2, 0.25) is 0 Å². The average molecular weight is 353 g/mol. The number of hydrogen-bond acceptors (Lipinski definition) is 5. The lowest BCUT2D eigenvalue weighted by Gasteiger charge is -2.18. The van der Waals surface area contributed by atoms with Crippen LogP contribution in [0.5, 0.6) is 17.2 Å². The minimum absolute atomic E-state index is 0.0489.